The number of anilines is 1. The van der Waals surface area contributed by atoms with Gasteiger partial charge in [-0.05, 0) is 55.3 Å². The van der Waals surface area contributed by atoms with E-state index in [0.29, 0.717) is 30.3 Å². The second-order valence-electron chi connectivity index (χ2n) is 6.89. The maximum atomic E-state index is 13.9. The van der Waals surface area contributed by atoms with E-state index in [0.717, 1.165) is 12.1 Å². The van der Waals surface area contributed by atoms with Crippen molar-refractivity contribution in [3.05, 3.63) is 93.2 Å². The summed E-state index contributed by atoms with van der Waals surface area (Å²) < 4.78 is 41.6. The van der Waals surface area contributed by atoms with Crippen LogP contribution in [0.1, 0.15) is 39.3 Å². The summed E-state index contributed by atoms with van der Waals surface area (Å²) in [6.07, 6.45) is 1.24. The van der Waals surface area contributed by atoms with Crippen molar-refractivity contribution in [3.8, 4) is 5.69 Å². The summed E-state index contributed by atoms with van der Waals surface area (Å²) in [5.41, 5.74) is -0.456. The van der Waals surface area contributed by atoms with E-state index in [-0.39, 0.29) is 29.0 Å². The van der Waals surface area contributed by atoms with Gasteiger partial charge in [-0.25, -0.2) is 13.2 Å². The first-order valence-electron chi connectivity index (χ1n) is 9.19. The molecule has 0 radical (unpaired) electrons. The zero-order chi connectivity index (χ0) is 21.4. The van der Waals surface area contributed by atoms with Crippen LogP contribution in [-0.4, -0.2) is 16.3 Å². The molecule has 1 aromatic heterocycles. The number of amides is 1. The lowest BCUT2D eigenvalue weighted by atomic mass is 9.92. The summed E-state index contributed by atoms with van der Waals surface area (Å²) in [6, 6.07) is 8.88. The fraction of sp³-hybridized carbons (Fsp3) is 0.136. The van der Waals surface area contributed by atoms with Crippen LogP contribution in [0.25, 0.3) is 5.69 Å². The molecule has 5 nitrogen and oxygen atoms in total. The Labute approximate surface area is 168 Å². The van der Waals surface area contributed by atoms with Crippen molar-refractivity contribution in [2.24, 2.45) is 0 Å². The molecule has 8 heteroatoms. The molecule has 1 heterocycles. The predicted molar refractivity (Wildman–Crippen MR) is 104 cm³/mol. The summed E-state index contributed by atoms with van der Waals surface area (Å²) in [5, 5.41) is 2.24. The molecule has 30 heavy (non-hydrogen) atoms. The maximum Gasteiger partial charge on any atom is 0.268 e. The largest absolute Gasteiger partial charge is 0.319 e. The number of aromatic nitrogens is 1. The third-order valence-electron chi connectivity index (χ3n) is 4.93. The Morgan fingerprint density at radius 2 is 1.60 bits per heavy atom. The van der Waals surface area contributed by atoms with Crippen molar-refractivity contribution in [1.29, 1.82) is 0 Å². The molecule has 0 unspecified atom stereocenters. The normalized spacial score (nSPS) is 13.1. The van der Waals surface area contributed by atoms with Gasteiger partial charge in [0.2, 0.25) is 0 Å². The third kappa shape index (κ3) is 3.52. The predicted octanol–water partition coefficient (Wildman–Crippen LogP) is 4.03. The highest BCUT2D eigenvalue weighted by molar-refractivity contribution is 6.06. The van der Waals surface area contributed by atoms with Crippen LogP contribution in [0.4, 0.5) is 18.9 Å². The van der Waals surface area contributed by atoms with Crippen LogP contribution >= 0.6 is 0 Å². The minimum Gasteiger partial charge on any atom is -0.319 e. The molecule has 0 aliphatic heterocycles. The minimum atomic E-state index is -1.00. The Morgan fingerprint density at radius 3 is 2.30 bits per heavy atom. The molecule has 0 fully saturated rings. The van der Waals surface area contributed by atoms with Gasteiger partial charge in [-0.15, -0.1) is 0 Å². The number of ketones is 1. The Hall–Kier alpha value is -3.68. The number of fused-ring (bicyclic) bond motifs is 1. The van der Waals surface area contributed by atoms with Crippen molar-refractivity contribution in [3.63, 3.8) is 0 Å². The number of halogens is 3. The average molecular weight is 412 g/mol. The molecule has 1 amide bonds. The number of hydrogen-bond acceptors (Lipinski definition) is 3. The number of Topliss-reactive ketones (excluding diaryl/α,β-unsaturated/α-hetero) is 1. The first kappa shape index (κ1) is 19.6. The van der Waals surface area contributed by atoms with Crippen molar-refractivity contribution in [2.45, 2.75) is 19.3 Å². The molecule has 0 bridgehead atoms. The molecule has 1 N–H and O–H groups in total. The number of nitrogens with zero attached hydrogens (tertiary/aromatic N) is 1. The molecule has 2 aromatic carbocycles. The quantitative estimate of drug-likeness (QED) is 0.707. The number of benzene rings is 2. The van der Waals surface area contributed by atoms with Gasteiger partial charge in [0.05, 0.1) is 5.69 Å². The molecular formula is C22H15F3N2O3. The highest BCUT2D eigenvalue weighted by atomic mass is 19.1. The lowest BCUT2D eigenvalue weighted by molar-refractivity contribution is 0.0971. The Bertz CT molecular complexity index is 1230. The zero-order valence-corrected chi connectivity index (χ0v) is 15.5. The second-order valence-corrected chi connectivity index (χ2v) is 6.89. The van der Waals surface area contributed by atoms with E-state index in [1.165, 1.54) is 34.9 Å². The van der Waals surface area contributed by atoms with Crippen molar-refractivity contribution < 1.29 is 22.8 Å². The monoisotopic (exact) mass is 412 g/mol. The molecule has 0 spiro atoms. The Kier molecular flexibility index (Phi) is 4.99. The Balaban J connectivity index is 1.86. The van der Waals surface area contributed by atoms with Crippen LogP contribution < -0.4 is 10.9 Å². The van der Waals surface area contributed by atoms with E-state index in [1.54, 1.807) is 0 Å². The maximum absolute atomic E-state index is 13.9. The molecule has 4 rings (SSSR count). The van der Waals surface area contributed by atoms with E-state index in [2.05, 4.69) is 5.32 Å². The van der Waals surface area contributed by atoms with Crippen LogP contribution in [0.15, 0.2) is 53.3 Å². The highest BCUT2D eigenvalue weighted by Gasteiger charge is 2.26. The topological polar surface area (TPSA) is 68.2 Å². The number of pyridine rings is 1. The van der Waals surface area contributed by atoms with Crippen LogP contribution in [-0.2, 0) is 6.42 Å². The number of nitrogens with one attached hydrogen (secondary N) is 1. The van der Waals surface area contributed by atoms with Gasteiger partial charge in [-0.3, -0.25) is 19.0 Å². The van der Waals surface area contributed by atoms with Gasteiger partial charge in [0, 0.05) is 29.4 Å². The summed E-state index contributed by atoms with van der Waals surface area (Å²) in [7, 11) is 0. The first-order valence-corrected chi connectivity index (χ1v) is 9.19. The third-order valence-corrected chi connectivity index (χ3v) is 4.93. The second kappa shape index (κ2) is 7.62. The molecule has 152 valence electrons. The lowest BCUT2D eigenvalue weighted by Gasteiger charge is -2.21. The number of carbonyl (C=O) groups is 2. The standard InChI is InChI=1S/C22H15F3N2O3/c23-12-4-7-14(8-5-12)27-19-2-1-3-20(28)15(19)11-16(22(27)30)21(29)26-18-9-6-13(24)10-17(18)25/h4-11H,1-3H2,(H,26,29). The highest BCUT2D eigenvalue weighted by Crippen LogP contribution is 2.24. The molecule has 1 aliphatic carbocycles. The van der Waals surface area contributed by atoms with Gasteiger partial charge in [0.1, 0.15) is 23.0 Å². The summed E-state index contributed by atoms with van der Waals surface area (Å²) in [6.45, 7) is 0. The van der Waals surface area contributed by atoms with Gasteiger partial charge in [-0.2, -0.15) is 0 Å². The molecule has 0 atom stereocenters. The van der Waals surface area contributed by atoms with Gasteiger partial charge in [-0.1, -0.05) is 0 Å². The smallest absolute Gasteiger partial charge is 0.268 e. The molecule has 3 aromatic rings. The summed E-state index contributed by atoms with van der Waals surface area (Å²) in [4.78, 5) is 38.3. The van der Waals surface area contributed by atoms with Gasteiger partial charge < -0.3 is 5.32 Å². The van der Waals surface area contributed by atoms with Gasteiger partial charge in [0.15, 0.2) is 5.78 Å². The fourth-order valence-corrected chi connectivity index (χ4v) is 3.50. The van der Waals surface area contributed by atoms with Crippen molar-refractivity contribution >= 4 is 17.4 Å². The molecule has 0 saturated heterocycles. The first-order chi connectivity index (χ1) is 14.3. The fourth-order valence-electron chi connectivity index (χ4n) is 3.50. The van der Waals surface area contributed by atoms with Gasteiger partial charge >= 0.3 is 0 Å². The number of hydrogen-bond donors (Lipinski definition) is 1. The molecular weight excluding hydrogens is 397 g/mol. The number of carbonyl (C=O) groups excluding carboxylic acids is 2. The van der Waals surface area contributed by atoms with Crippen molar-refractivity contribution in [1.82, 2.24) is 4.57 Å². The number of rotatable bonds is 3. The zero-order valence-electron chi connectivity index (χ0n) is 15.5. The van der Waals surface area contributed by atoms with E-state index in [4.69, 9.17) is 0 Å². The van der Waals surface area contributed by atoms with Crippen molar-refractivity contribution in [2.75, 3.05) is 5.32 Å². The van der Waals surface area contributed by atoms with E-state index < -0.39 is 28.9 Å². The molecule has 0 saturated carbocycles. The van der Waals surface area contributed by atoms with Crippen LogP contribution in [0, 0.1) is 17.5 Å². The SMILES string of the molecule is O=C1CCCc2c1cc(C(=O)Nc1ccc(F)cc1F)c(=O)n2-c1ccc(F)cc1. The summed E-state index contributed by atoms with van der Waals surface area (Å²) in [5.74, 6) is -3.49. The van der Waals surface area contributed by atoms with E-state index >= 15 is 0 Å². The Morgan fingerprint density at radius 1 is 0.900 bits per heavy atom. The van der Waals surface area contributed by atoms with Gasteiger partial charge in [0.25, 0.3) is 11.5 Å². The minimum absolute atomic E-state index is 0.218. The average Bonchev–Trinajstić information content (AvgIpc) is 2.71. The van der Waals surface area contributed by atoms with E-state index in [9.17, 15) is 27.6 Å². The van der Waals surface area contributed by atoms with Crippen LogP contribution in [0.2, 0.25) is 0 Å². The summed E-state index contributed by atoms with van der Waals surface area (Å²) >= 11 is 0. The van der Waals surface area contributed by atoms with Crippen LogP contribution in [0.5, 0.6) is 0 Å². The lowest BCUT2D eigenvalue weighted by Crippen LogP contribution is -2.33. The molecule has 1 aliphatic rings. The van der Waals surface area contributed by atoms with Crippen LogP contribution in [0.3, 0.4) is 0 Å². The van der Waals surface area contributed by atoms with E-state index in [1.807, 2.05) is 0 Å².